The molecule has 1 unspecified atom stereocenters. The maximum Gasteiger partial charge on any atom is 0.253 e. The van der Waals surface area contributed by atoms with Gasteiger partial charge in [0.15, 0.2) is 0 Å². The molecule has 8 heteroatoms. The number of hydrogen-bond acceptors (Lipinski definition) is 4. The van der Waals surface area contributed by atoms with Gasteiger partial charge in [0.25, 0.3) is 5.91 Å². The first kappa shape index (κ1) is 22.1. The van der Waals surface area contributed by atoms with Crippen molar-refractivity contribution in [1.82, 2.24) is 9.21 Å². The number of halogens is 1. The van der Waals surface area contributed by atoms with E-state index in [-0.39, 0.29) is 28.6 Å². The normalized spacial score (nSPS) is 24.3. The second-order valence-electron chi connectivity index (χ2n) is 7.84. The summed E-state index contributed by atoms with van der Waals surface area (Å²) < 4.78 is 27.5. The summed E-state index contributed by atoms with van der Waals surface area (Å²) in [6.07, 6.45) is 4.80. The summed E-state index contributed by atoms with van der Waals surface area (Å²) in [7, 11) is -3.55. The van der Waals surface area contributed by atoms with Gasteiger partial charge in [0.1, 0.15) is 0 Å². The van der Waals surface area contributed by atoms with E-state index in [0.29, 0.717) is 38.3 Å². The number of likely N-dealkylation sites (tertiary alicyclic amines) is 1. The van der Waals surface area contributed by atoms with Crippen molar-refractivity contribution in [2.75, 3.05) is 32.7 Å². The highest BCUT2D eigenvalue weighted by Gasteiger charge is 2.35. The molecule has 2 fully saturated rings. The van der Waals surface area contributed by atoms with Gasteiger partial charge in [-0.05, 0) is 49.4 Å². The molecule has 2 N–H and O–H groups in total. The van der Waals surface area contributed by atoms with Crippen LogP contribution in [-0.2, 0) is 10.0 Å². The fraction of sp³-hybridized carbons (Fsp3) is 0.632. The molecule has 3 rings (SSSR count). The van der Waals surface area contributed by atoms with Crippen molar-refractivity contribution in [3.63, 3.8) is 0 Å². The van der Waals surface area contributed by atoms with E-state index < -0.39 is 10.0 Å². The monoisotopic (exact) mass is 415 g/mol. The molecule has 1 aromatic rings. The average Bonchev–Trinajstić information content (AvgIpc) is 2.86. The van der Waals surface area contributed by atoms with E-state index >= 15 is 0 Å². The van der Waals surface area contributed by atoms with E-state index in [2.05, 4.69) is 6.92 Å². The van der Waals surface area contributed by atoms with E-state index in [4.69, 9.17) is 5.73 Å². The Morgan fingerprint density at radius 3 is 2.41 bits per heavy atom. The van der Waals surface area contributed by atoms with Gasteiger partial charge in [-0.15, -0.1) is 12.4 Å². The highest BCUT2D eigenvalue weighted by Crippen LogP contribution is 2.30. The smallest absolute Gasteiger partial charge is 0.253 e. The molecule has 0 saturated carbocycles. The first-order chi connectivity index (χ1) is 12.4. The van der Waals surface area contributed by atoms with E-state index in [1.165, 1.54) is 6.07 Å². The summed E-state index contributed by atoms with van der Waals surface area (Å²) >= 11 is 0. The third kappa shape index (κ3) is 4.83. The van der Waals surface area contributed by atoms with Gasteiger partial charge >= 0.3 is 0 Å². The fourth-order valence-electron chi connectivity index (χ4n) is 3.77. The summed E-state index contributed by atoms with van der Waals surface area (Å²) in [6.45, 7) is 5.02. The zero-order valence-corrected chi connectivity index (χ0v) is 17.5. The van der Waals surface area contributed by atoms with Gasteiger partial charge in [-0.1, -0.05) is 25.8 Å². The van der Waals surface area contributed by atoms with Crippen LogP contribution in [0.25, 0.3) is 0 Å². The lowest BCUT2D eigenvalue weighted by atomic mass is 9.90. The van der Waals surface area contributed by atoms with Crippen molar-refractivity contribution in [3.8, 4) is 0 Å². The lowest BCUT2D eigenvalue weighted by molar-refractivity contribution is 0.0776. The van der Waals surface area contributed by atoms with Crippen molar-refractivity contribution in [3.05, 3.63) is 29.8 Å². The van der Waals surface area contributed by atoms with Crippen LogP contribution in [0, 0.1) is 5.41 Å². The molecule has 152 valence electrons. The summed E-state index contributed by atoms with van der Waals surface area (Å²) in [5.41, 5.74) is 6.21. The Morgan fingerprint density at radius 2 is 1.81 bits per heavy atom. The topological polar surface area (TPSA) is 83.7 Å². The molecule has 1 amide bonds. The SMILES string of the molecule is CC1(CN)CCN(C(=O)c2cccc(S(=O)(=O)N3CCCCCC3)c2)C1.Cl. The zero-order chi connectivity index (χ0) is 18.8. The molecular weight excluding hydrogens is 386 g/mol. The fourth-order valence-corrected chi connectivity index (χ4v) is 5.33. The Bertz CT molecular complexity index is 763. The lowest BCUT2D eigenvalue weighted by Gasteiger charge is -2.23. The summed E-state index contributed by atoms with van der Waals surface area (Å²) in [5, 5.41) is 0. The number of nitrogens with two attached hydrogens (primary N) is 1. The highest BCUT2D eigenvalue weighted by atomic mass is 35.5. The molecule has 0 aromatic heterocycles. The van der Waals surface area contributed by atoms with Gasteiger partial charge < -0.3 is 10.6 Å². The van der Waals surface area contributed by atoms with Gasteiger partial charge in [-0.25, -0.2) is 8.42 Å². The Hall–Kier alpha value is -1.15. The average molecular weight is 416 g/mol. The molecule has 0 spiro atoms. The summed E-state index contributed by atoms with van der Waals surface area (Å²) in [6, 6.07) is 6.48. The van der Waals surface area contributed by atoms with E-state index in [9.17, 15) is 13.2 Å². The van der Waals surface area contributed by atoms with Crippen molar-refractivity contribution >= 4 is 28.3 Å². The maximum atomic E-state index is 13.0. The van der Waals surface area contributed by atoms with Gasteiger partial charge in [0.2, 0.25) is 10.0 Å². The van der Waals surface area contributed by atoms with Crippen LogP contribution in [0.3, 0.4) is 0 Å². The number of nitrogens with zero attached hydrogens (tertiary/aromatic N) is 2. The standard InChI is InChI=1S/C19H29N3O3S.ClH/c1-19(14-20)9-12-21(15-19)18(23)16-7-6-8-17(13-16)26(24,25)22-10-4-2-3-5-11-22;/h6-8,13H,2-5,9-12,14-15,20H2,1H3;1H. The van der Waals surface area contributed by atoms with Gasteiger partial charge in [-0.2, -0.15) is 4.31 Å². The van der Waals surface area contributed by atoms with Crippen LogP contribution in [0.2, 0.25) is 0 Å². The third-order valence-corrected chi connectivity index (χ3v) is 7.52. The molecule has 1 atom stereocenters. The van der Waals surface area contributed by atoms with Crippen molar-refractivity contribution in [2.24, 2.45) is 11.1 Å². The minimum Gasteiger partial charge on any atom is -0.338 e. The molecule has 0 bridgehead atoms. The first-order valence-corrected chi connectivity index (χ1v) is 10.9. The largest absolute Gasteiger partial charge is 0.338 e. The molecule has 2 aliphatic heterocycles. The molecule has 0 radical (unpaired) electrons. The second-order valence-corrected chi connectivity index (χ2v) is 9.78. The molecular formula is C19H30ClN3O3S. The first-order valence-electron chi connectivity index (χ1n) is 9.45. The van der Waals surface area contributed by atoms with Crippen LogP contribution < -0.4 is 5.73 Å². The van der Waals surface area contributed by atoms with Crippen molar-refractivity contribution in [2.45, 2.75) is 43.9 Å². The number of sulfonamides is 1. The number of rotatable bonds is 4. The minimum atomic E-state index is -3.55. The minimum absolute atomic E-state index is 0. The highest BCUT2D eigenvalue weighted by molar-refractivity contribution is 7.89. The Kier molecular flexibility index (Phi) is 7.30. The van der Waals surface area contributed by atoms with E-state index in [0.717, 1.165) is 32.1 Å². The Morgan fingerprint density at radius 1 is 1.15 bits per heavy atom. The number of carbonyl (C=O) groups is 1. The predicted octanol–water partition coefficient (Wildman–Crippen LogP) is 2.48. The van der Waals surface area contributed by atoms with E-state index in [1.54, 1.807) is 27.4 Å². The van der Waals surface area contributed by atoms with Crippen LogP contribution in [0.15, 0.2) is 29.2 Å². The quantitative estimate of drug-likeness (QED) is 0.818. The number of hydrogen-bond donors (Lipinski definition) is 1. The zero-order valence-electron chi connectivity index (χ0n) is 15.9. The number of carbonyl (C=O) groups excluding carboxylic acids is 1. The van der Waals surface area contributed by atoms with Gasteiger partial charge in [0.05, 0.1) is 4.90 Å². The number of amides is 1. The second kappa shape index (κ2) is 8.90. The molecule has 1 aromatic carbocycles. The molecule has 0 aliphatic carbocycles. The van der Waals surface area contributed by atoms with Gasteiger partial charge in [0, 0.05) is 31.7 Å². The molecule has 27 heavy (non-hydrogen) atoms. The van der Waals surface area contributed by atoms with Crippen LogP contribution in [0.1, 0.15) is 49.4 Å². The van der Waals surface area contributed by atoms with Crippen LogP contribution in [0.4, 0.5) is 0 Å². The van der Waals surface area contributed by atoms with Crippen molar-refractivity contribution < 1.29 is 13.2 Å². The molecule has 2 aliphatic rings. The summed E-state index contributed by atoms with van der Waals surface area (Å²) in [4.78, 5) is 14.8. The van der Waals surface area contributed by atoms with Crippen LogP contribution in [0.5, 0.6) is 0 Å². The molecule has 2 heterocycles. The van der Waals surface area contributed by atoms with Gasteiger partial charge in [-0.3, -0.25) is 4.79 Å². The predicted molar refractivity (Wildman–Crippen MR) is 109 cm³/mol. The Balaban J connectivity index is 0.00000261. The van der Waals surface area contributed by atoms with Crippen LogP contribution in [-0.4, -0.2) is 56.3 Å². The van der Waals surface area contributed by atoms with Crippen molar-refractivity contribution in [1.29, 1.82) is 0 Å². The lowest BCUT2D eigenvalue weighted by Crippen LogP contribution is -2.35. The Labute approximate surface area is 168 Å². The maximum absolute atomic E-state index is 13.0. The molecule has 2 saturated heterocycles. The number of benzene rings is 1. The summed E-state index contributed by atoms with van der Waals surface area (Å²) in [5.74, 6) is -0.116. The van der Waals surface area contributed by atoms with E-state index in [1.807, 2.05) is 0 Å². The molecule has 6 nitrogen and oxygen atoms in total. The third-order valence-electron chi connectivity index (χ3n) is 5.62. The van der Waals surface area contributed by atoms with Crippen LogP contribution >= 0.6 is 12.4 Å².